The first kappa shape index (κ1) is 21.2. The van der Waals surface area contributed by atoms with Gasteiger partial charge in [0.05, 0.1) is 0 Å². The molecule has 1 rings (SSSR count). The van der Waals surface area contributed by atoms with E-state index in [-0.39, 0.29) is 0 Å². The Kier molecular flexibility index (Phi) is 7.20. The second kappa shape index (κ2) is 8.50. The van der Waals surface area contributed by atoms with Gasteiger partial charge in [0.15, 0.2) is 12.2 Å². The zero-order valence-corrected chi connectivity index (χ0v) is 15.0. The highest BCUT2D eigenvalue weighted by atomic mass is 32.1. The van der Waals surface area contributed by atoms with Crippen molar-refractivity contribution in [3.8, 4) is 0 Å². The van der Waals surface area contributed by atoms with Gasteiger partial charge < -0.3 is 28.8 Å². The fourth-order valence-corrected chi connectivity index (χ4v) is 2.60. The van der Waals surface area contributed by atoms with Gasteiger partial charge >= 0.3 is 23.9 Å². The van der Waals surface area contributed by atoms with Gasteiger partial charge in [-0.15, -0.1) is 12.6 Å². The molecule has 1 heterocycles. The second-order valence-corrected chi connectivity index (χ2v) is 5.94. The Morgan fingerprint density at radius 3 is 1.84 bits per heavy atom. The third-order valence-corrected chi connectivity index (χ3v) is 3.39. The molecule has 1 aliphatic heterocycles. The smallest absolute Gasteiger partial charge is 0.303 e. The van der Waals surface area contributed by atoms with Gasteiger partial charge in [-0.1, -0.05) is 0 Å². The highest BCUT2D eigenvalue weighted by molar-refractivity contribution is 7.81. The Morgan fingerprint density at radius 2 is 1.40 bits per heavy atom. The number of aliphatic hydroxyl groups is 1. The van der Waals surface area contributed by atoms with Gasteiger partial charge in [0.1, 0.15) is 12.7 Å². The van der Waals surface area contributed by atoms with E-state index in [2.05, 4.69) is 12.6 Å². The molecule has 0 unspecified atom stereocenters. The quantitative estimate of drug-likeness (QED) is 0.273. The van der Waals surface area contributed by atoms with E-state index in [1.165, 1.54) is 0 Å². The number of carbonyl (C=O) groups excluding carboxylic acids is 4. The molecule has 0 spiro atoms. The molecule has 1 N–H and O–H groups in total. The summed E-state index contributed by atoms with van der Waals surface area (Å²) in [4.78, 5) is 45.2. The molecule has 0 aromatic heterocycles. The van der Waals surface area contributed by atoms with Crippen molar-refractivity contribution in [2.45, 2.75) is 57.2 Å². The molecule has 1 saturated heterocycles. The monoisotopic (exact) mass is 380 g/mol. The molecule has 1 fully saturated rings. The van der Waals surface area contributed by atoms with Gasteiger partial charge in [-0.2, -0.15) is 0 Å². The first-order valence-electron chi connectivity index (χ1n) is 7.21. The molecule has 0 aromatic rings. The fourth-order valence-electron chi connectivity index (χ4n) is 2.26. The second-order valence-electron chi connectivity index (χ2n) is 5.30. The minimum atomic E-state index is -2.40. The molecule has 0 amide bonds. The van der Waals surface area contributed by atoms with Gasteiger partial charge in [0.25, 0.3) is 5.12 Å². The SMILES string of the molecule is CC(=O)OC[C@H]1O[C@](O)(S)[C@H](OC(C)=O)[C@@H](OC(C)=O)[C@@H]1OC(C)=O. The van der Waals surface area contributed by atoms with E-state index in [0.717, 1.165) is 27.7 Å². The van der Waals surface area contributed by atoms with E-state index in [1.54, 1.807) is 0 Å². The summed E-state index contributed by atoms with van der Waals surface area (Å²) in [6.07, 6.45) is -5.60. The van der Waals surface area contributed by atoms with Crippen molar-refractivity contribution in [2.75, 3.05) is 6.61 Å². The average Bonchev–Trinajstić information content (AvgIpc) is 2.42. The van der Waals surface area contributed by atoms with Crippen LogP contribution in [0, 0.1) is 0 Å². The average molecular weight is 380 g/mol. The van der Waals surface area contributed by atoms with E-state index in [4.69, 9.17) is 23.7 Å². The van der Waals surface area contributed by atoms with Crippen molar-refractivity contribution in [3.63, 3.8) is 0 Å². The Morgan fingerprint density at radius 1 is 0.920 bits per heavy atom. The van der Waals surface area contributed by atoms with Crippen LogP contribution in [0.3, 0.4) is 0 Å². The number of hydrogen-bond donors (Lipinski definition) is 2. The third kappa shape index (κ3) is 6.18. The van der Waals surface area contributed by atoms with Gasteiger partial charge in [0, 0.05) is 27.7 Å². The summed E-state index contributed by atoms with van der Waals surface area (Å²) in [6.45, 7) is 3.93. The highest BCUT2D eigenvalue weighted by Gasteiger charge is 2.58. The van der Waals surface area contributed by atoms with Crippen LogP contribution in [0.1, 0.15) is 27.7 Å². The van der Waals surface area contributed by atoms with Gasteiger partial charge in [-0.05, 0) is 0 Å². The summed E-state index contributed by atoms with van der Waals surface area (Å²) in [6, 6.07) is 0. The Balaban J connectivity index is 3.24. The fraction of sp³-hybridized carbons (Fsp3) is 0.714. The van der Waals surface area contributed by atoms with Gasteiger partial charge in [0.2, 0.25) is 6.10 Å². The lowest BCUT2D eigenvalue weighted by molar-refractivity contribution is -0.311. The first-order chi connectivity index (χ1) is 11.4. The van der Waals surface area contributed by atoms with Crippen molar-refractivity contribution in [2.24, 2.45) is 0 Å². The molecule has 0 saturated carbocycles. The van der Waals surface area contributed by atoms with Gasteiger partial charge in [-0.25, -0.2) is 0 Å². The molecule has 142 valence electrons. The third-order valence-electron chi connectivity index (χ3n) is 3.03. The van der Waals surface area contributed by atoms with Gasteiger partial charge in [-0.3, -0.25) is 19.2 Å². The minimum Gasteiger partial charge on any atom is -0.463 e. The normalized spacial score (nSPS) is 31.6. The molecule has 0 aliphatic carbocycles. The van der Waals surface area contributed by atoms with Crippen molar-refractivity contribution < 1.29 is 48.0 Å². The molecule has 0 aromatic carbocycles. The van der Waals surface area contributed by atoms with Crippen LogP contribution in [0.2, 0.25) is 0 Å². The molecule has 1 aliphatic rings. The maximum absolute atomic E-state index is 11.4. The lowest BCUT2D eigenvalue weighted by Gasteiger charge is -2.46. The summed E-state index contributed by atoms with van der Waals surface area (Å²) in [5.74, 6) is -3.03. The molecule has 5 atom stereocenters. The molecular formula is C14H20O10S. The predicted octanol–water partition coefficient (Wildman–Crippen LogP) is -0.681. The molecule has 10 nitrogen and oxygen atoms in total. The van der Waals surface area contributed by atoms with E-state index in [0.29, 0.717) is 0 Å². The number of hydrogen-bond acceptors (Lipinski definition) is 11. The van der Waals surface area contributed by atoms with E-state index < -0.39 is 60.0 Å². The first-order valence-corrected chi connectivity index (χ1v) is 7.66. The Bertz CT molecular complexity index is 546. The van der Waals surface area contributed by atoms with Crippen molar-refractivity contribution in [3.05, 3.63) is 0 Å². The van der Waals surface area contributed by atoms with Crippen LogP contribution < -0.4 is 0 Å². The molecule has 25 heavy (non-hydrogen) atoms. The summed E-state index contributed by atoms with van der Waals surface area (Å²) >= 11 is 3.89. The van der Waals surface area contributed by atoms with Crippen molar-refractivity contribution in [1.29, 1.82) is 0 Å². The number of ether oxygens (including phenoxy) is 5. The standard InChI is InChI=1S/C14H20O10S/c1-6(15)20-5-10-11(21-7(2)16)12(22-8(3)17)13(23-9(4)18)14(19,25)24-10/h10-13,19,25H,5H2,1-4H3/t10-,11-,12+,13-,14+/m1/s1. The summed E-state index contributed by atoms with van der Waals surface area (Å²) in [5.41, 5.74) is 0. The van der Waals surface area contributed by atoms with Crippen LogP contribution in [-0.4, -0.2) is 65.1 Å². The molecule has 0 radical (unpaired) electrons. The van der Waals surface area contributed by atoms with Crippen LogP contribution in [0.25, 0.3) is 0 Å². The summed E-state index contributed by atoms with van der Waals surface area (Å²) in [7, 11) is 0. The Labute approximate surface area is 149 Å². The number of esters is 4. The van der Waals surface area contributed by atoms with Crippen LogP contribution in [0.5, 0.6) is 0 Å². The number of rotatable bonds is 5. The van der Waals surface area contributed by atoms with Crippen molar-refractivity contribution >= 4 is 36.5 Å². The molecule has 11 heteroatoms. The van der Waals surface area contributed by atoms with Crippen molar-refractivity contribution in [1.82, 2.24) is 0 Å². The zero-order valence-electron chi connectivity index (χ0n) is 14.1. The largest absolute Gasteiger partial charge is 0.463 e. The van der Waals surface area contributed by atoms with E-state index >= 15 is 0 Å². The van der Waals surface area contributed by atoms with Crippen LogP contribution in [0.15, 0.2) is 0 Å². The summed E-state index contributed by atoms with van der Waals surface area (Å²) in [5, 5.41) is 7.95. The Hall–Kier alpha value is -1.85. The minimum absolute atomic E-state index is 0.430. The highest BCUT2D eigenvalue weighted by Crippen LogP contribution is 2.36. The lowest BCUT2D eigenvalue weighted by atomic mass is 9.98. The van der Waals surface area contributed by atoms with E-state index in [9.17, 15) is 24.3 Å². The zero-order chi connectivity index (χ0) is 19.4. The maximum Gasteiger partial charge on any atom is 0.303 e. The molecular weight excluding hydrogens is 360 g/mol. The van der Waals surface area contributed by atoms with Crippen LogP contribution in [-0.2, 0) is 42.9 Å². The maximum atomic E-state index is 11.4. The molecule has 0 bridgehead atoms. The topological polar surface area (TPSA) is 135 Å². The van der Waals surface area contributed by atoms with Crippen LogP contribution >= 0.6 is 12.6 Å². The van der Waals surface area contributed by atoms with Crippen LogP contribution in [0.4, 0.5) is 0 Å². The van der Waals surface area contributed by atoms with E-state index in [1.807, 2.05) is 0 Å². The predicted molar refractivity (Wildman–Crippen MR) is 82.1 cm³/mol. The summed E-state index contributed by atoms with van der Waals surface area (Å²) < 4.78 is 25.2. The lowest BCUT2D eigenvalue weighted by Crippen LogP contribution is -2.66. The number of thiol groups is 1. The number of carbonyl (C=O) groups is 4.